The number of morpholine rings is 1. The molecular formula is C24H28Cl2N2O5S. The van der Waals surface area contributed by atoms with Crippen LogP contribution in [-0.2, 0) is 14.9 Å². The summed E-state index contributed by atoms with van der Waals surface area (Å²) in [7, 11) is 0. The highest BCUT2D eigenvalue weighted by molar-refractivity contribution is 7.14. The molecule has 2 amide bonds. The van der Waals surface area contributed by atoms with Crippen LogP contribution in [0.3, 0.4) is 0 Å². The quantitative estimate of drug-likeness (QED) is 0.549. The summed E-state index contributed by atoms with van der Waals surface area (Å²) < 4.78 is 5.36. The van der Waals surface area contributed by atoms with Gasteiger partial charge in [0.15, 0.2) is 0 Å². The molecule has 1 N–H and O–H groups in total. The Morgan fingerprint density at radius 2 is 1.82 bits per heavy atom. The SMILES string of the molecule is CC[C@@H](C(=O)N1CCOCC1)N(C(=O)c1ccc(Cl)cc1Cl)c1cc(C(C)(C)C)sc1C(=O)O. The van der Waals surface area contributed by atoms with E-state index in [9.17, 15) is 19.5 Å². The van der Waals surface area contributed by atoms with E-state index in [2.05, 4.69) is 0 Å². The Morgan fingerprint density at radius 1 is 1.18 bits per heavy atom. The number of benzene rings is 1. The van der Waals surface area contributed by atoms with Gasteiger partial charge in [0.1, 0.15) is 10.9 Å². The van der Waals surface area contributed by atoms with Gasteiger partial charge in [-0.1, -0.05) is 50.9 Å². The summed E-state index contributed by atoms with van der Waals surface area (Å²) in [4.78, 5) is 43.5. The Labute approximate surface area is 213 Å². The Balaban J connectivity index is 2.19. The van der Waals surface area contributed by atoms with E-state index in [1.165, 1.54) is 23.1 Å². The largest absolute Gasteiger partial charge is 0.477 e. The molecule has 7 nitrogen and oxygen atoms in total. The molecule has 184 valence electrons. The van der Waals surface area contributed by atoms with Crippen LogP contribution in [0.25, 0.3) is 0 Å². The number of halogens is 2. The molecule has 1 fully saturated rings. The fraction of sp³-hybridized carbons (Fsp3) is 0.458. The van der Waals surface area contributed by atoms with Crippen molar-refractivity contribution in [2.75, 3.05) is 31.2 Å². The number of nitrogens with zero attached hydrogens (tertiary/aromatic N) is 2. The predicted octanol–water partition coefficient (Wildman–Crippen LogP) is 5.33. The zero-order valence-corrected chi connectivity index (χ0v) is 21.9. The molecule has 0 spiro atoms. The first-order valence-electron chi connectivity index (χ1n) is 11.0. The maximum absolute atomic E-state index is 13.9. The van der Waals surface area contributed by atoms with Gasteiger partial charge in [-0.2, -0.15) is 0 Å². The number of anilines is 1. The van der Waals surface area contributed by atoms with Crippen LogP contribution in [0.2, 0.25) is 10.0 Å². The van der Waals surface area contributed by atoms with Gasteiger partial charge >= 0.3 is 5.97 Å². The van der Waals surface area contributed by atoms with E-state index >= 15 is 0 Å². The molecule has 1 aromatic heterocycles. The predicted molar refractivity (Wildman–Crippen MR) is 135 cm³/mol. The van der Waals surface area contributed by atoms with Gasteiger partial charge in [-0.3, -0.25) is 14.5 Å². The van der Waals surface area contributed by atoms with Crippen LogP contribution in [0.5, 0.6) is 0 Å². The van der Waals surface area contributed by atoms with Gasteiger partial charge in [-0.25, -0.2) is 4.79 Å². The van der Waals surface area contributed by atoms with Crippen molar-refractivity contribution in [1.82, 2.24) is 4.90 Å². The van der Waals surface area contributed by atoms with Gasteiger partial charge in [-0.15, -0.1) is 11.3 Å². The average molecular weight is 527 g/mol. The summed E-state index contributed by atoms with van der Waals surface area (Å²) in [6.07, 6.45) is 0.285. The number of thiophene rings is 1. The molecule has 0 saturated carbocycles. The molecule has 1 atom stereocenters. The Bertz CT molecular complexity index is 1090. The van der Waals surface area contributed by atoms with Crippen molar-refractivity contribution in [3.63, 3.8) is 0 Å². The minimum atomic E-state index is -1.16. The second-order valence-corrected chi connectivity index (χ2v) is 10.9. The first kappa shape index (κ1) is 26.5. The number of carboxylic acid groups (broad SMARTS) is 1. The monoisotopic (exact) mass is 526 g/mol. The standard InChI is InChI=1S/C24H28Cl2N2O5S/c1-5-17(22(30)27-8-10-33-11-9-27)28(21(29)15-7-6-14(25)12-16(15)26)18-13-19(24(2,3)4)34-20(18)23(31)32/h6-7,12-13,17H,5,8-11H2,1-4H3,(H,31,32)/t17-/m0/s1. The lowest BCUT2D eigenvalue weighted by molar-refractivity contribution is -0.136. The highest BCUT2D eigenvalue weighted by Crippen LogP contribution is 2.39. The first-order chi connectivity index (χ1) is 16.0. The van der Waals surface area contributed by atoms with E-state index in [0.717, 1.165) is 16.2 Å². The number of carboxylic acids is 1. The molecule has 2 heterocycles. The molecule has 0 aliphatic carbocycles. The molecule has 1 aromatic carbocycles. The van der Waals surface area contributed by atoms with Crippen molar-refractivity contribution in [1.29, 1.82) is 0 Å². The van der Waals surface area contributed by atoms with Crippen molar-refractivity contribution in [2.24, 2.45) is 0 Å². The number of carbonyl (C=O) groups is 3. The van der Waals surface area contributed by atoms with Gasteiger partial charge in [0.05, 0.1) is 29.5 Å². The van der Waals surface area contributed by atoms with Crippen molar-refractivity contribution in [2.45, 2.75) is 45.6 Å². The van der Waals surface area contributed by atoms with E-state index < -0.39 is 17.9 Å². The zero-order valence-electron chi connectivity index (χ0n) is 19.6. The van der Waals surface area contributed by atoms with Crippen LogP contribution in [0, 0.1) is 0 Å². The van der Waals surface area contributed by atoms with Crippen LogP contribution in [0.4, 0.5) is 5.69 Å². The second kappa shape index (κ2) is 10.6. The third-order valence-electron chi connectivity index (χ3n) is 5.59. The number of hydrogen-bond donors (Lipinski definition) is 1. The van der Waals surface area contributed by atoms with Crippen LogP contribution in [0.15, 0.2) is 24.3 Å². The lowest BCUT2D eigenvalue weighted by Gasteiger charge is -2.36. The topological polar surface area (TPSA) is 87.2 Å². The number of ether oxygens (including phenoxy) is 1. The highest BCUT2D eigenvalue weighted by Gasteiger charge is 2.38. The second-order valence-electron chi connectivity index (χ2n) is 9.04. The van der Waals surface area contributed by atoms with Gasteiger partial charge in [0.25, 0.3) is 5.91 Å². The maximum Gasteiger partial charge on any atom is 0.348 e. The van der Waals surface area contributed by atoms with E-state index in [0.29, 0.717) is 31.3 Å². The van der Waals surface area contributed by atoms with Gasteiger partial charge in [0.2, 0.25) is 5.91 Å². The third kappa shape index (κ3) is 5.57. The molecular weight excluding hydrogens is 499 g/mol. The minimum Gasteiger partial charge on any atom is -0.477 e. The summed E-state index contributed by atoms with van der Waals surface area (Å²) >= 11 is 13.5. The molecule has 3 rings (SSSR count). The minimum absolute atomic E-state index is 0.00316. The highest BCUT2D eigenvalue weighted by atomic mass is 35.5. The van der Waals surface area contributed by atoms with Crippen molar-refractivity contribution < 1.29 is 24.2 Å². The molecule has 10 heteroatoms. The molecule has 0 bridgehead atoms. The Kier molecular flexibility index (Phi) is 8.29. The van der Waals surface area contributed by atoms with Crippen LogP contribution in [0.1, 0.15) is 59.0 Å². The normalized spacial score (nSPS) is 15.2. The molecule has 34 heavy (non-hydrogen) atoms. The lowest BCUT2D eigenvalue weighted by atomic mass is 9.94. The van der Waals surface area contributed by atoms with Gasteiger partial charge < -0.3 is 14.7 Å². The summed E-state index contributed by atoms with van der Waals surface area (Å²) in [6, 6.07) is 5.26. The van der Waals surface area contributed by atoms with Crippen molar-refractivity contribution in [3.8, 4) is 0 Å². The third-order valence-corrected chi connectivity index (χ3v) is 7.68. The van der Waals surface area contributed by atoms with Crippen LogP contribution < -0.4 is 4.90 Å². The van der Waals surface area contributed by atoms with Crippen LogP contribution in [-0.4, -0.2) is 60.1 Å². The van der Waals surface area contributed by atoms with Crippen molar-refractivity contribution in [3.05, 3.63) is 49.6 Å². The maximum atomic E-state index is 13.9. The molecule has 1 aliphatic heterocycles. The number of hydrogen-bond acceptors (Lipinski definition) is 5. The number of carbonyl (C=O) groups excluding carboxylic acids is 2. The summed E-state index contributed by atoms with van der Waals surface area (Å²) in [5.41, 5.74) is -0.0265. The molecule has 0 radical (unpaired) electrons. The average Bonchev–Trinajstić information content (AvgIpc) is 3.23. The van der Waals surface area contributed by atoms with E-state index in [1.54, 1.807) is 17.9 Å². The lowest BCUT2D eigenvalue weighted by Crippen LogP contribution is -2.53. The summed E-state index contributed by atoms with van der Waals surface area (Å²) in [6.45, 7) is 9.32. The smallest absolute Gasteiger partial charge is 0.348 e. The number of aromatic carboxylic acids is 1. The number of amides is 2. The van der Waals surface area contributed by atoms with E-state index in [1.807, 2.05) is 20.8 Å². The zero-order chi connectivity index (χ0) is 25.2. The number of rotatable bonds is 6. The molecule has 2 aromatic rings. The summed E-state index contributed by atoms with van der Waals surface area (Å²) in [5.74, 6) is -1.98. The molecule has 0 unspecified atom stereocenters. The fourth-order valence-corrected chi connectivity index (χ4v) is 5.29. The van der Waals surface area contributed by atoms with Gasteiger partial charge in [0, 0.05) is 23.0 Å². The Morgan fingerprint density at radius 3 is 2.35 bits per heavy atom. The molecule has 1 aliphatic rings. The van der Waals surface area contributed by atoms with Crippen molar-refractivity contribution >= 4 is 58.0 Å². The fourth-order valence-electron chi connectivity index (χ4n) is 3.76. The summed E-state index contributed by atoms with van der Waals surface area (Å²) in [5, 5.41) is 10.5. The molecule has 1 saturated heterocycles. The van der Waals surface area contributed by atoms with Gasteiger partial charge in [-0.05, 0) is 36.1 Å². The van der Waals surface area contributed by atoms with E-state index in [-0.39, 0.29) is 38.9 Å². The first-order valence-corrected chi connectivity index (χ1v) is 12.6. The Hall–Kier alpha value is -2.13. The van der Waals surface area contributed by atoms with E-state index in [4.69, 9.17) is 27.9 Å². The van der Waals surface area contributed by atoms with Crippen LogP contribution >= 0.6 is 34.5 Å².